The molecule has 1 atom stereocenters. The molecule has 0 saturated carbocycles. The first-order valence-corrected chi connectivity index (χ1v) is 6.51. The van der Waals surface area contributed by atoms with Gasteiger partial charge in [-0.2, -0.15) is 0 Å². The van der Waals surface area contributed by atoms with Gasteiger partial charge in [-0.25, -0.2) is 4.39 Å². The number of thiocarbonyl (C=S) groups is 1. The molecule has 1 aliphatic heterocycles. The number of aliphatic hydroxyl groups is 1. The number of hydrogen-bond donors (Lipinski definition) is 2. The summed E-state index contributed by atoms with van der Waals surface area (Å²) >= 11 is 5.28. The highest BCUT2D eigenvalue weighted by molar-refractivity contribution is 7.80. The molecule has 1 aromatic carbocycles. The monoisotopic (exact) mass is 268 g/mol. The summed E-state index contributed by atoms with van der Waals surface area (Å²) in [5, 5.41) is 13.4. The van der Waals surface area contributed by atoms with Crippen LogP contribution in [0, 0.1) is 5.82 Å². The van der Waals surface area contributed by atoms with Gasteiger partial charge in [-0.1, -0.05) is 12.1 Å². The average Bonchev–Trinajstić information content (AvgIpc) is 2.38. The number of nitrogens with zero attached hydrogens (tertiary/aromatic N) is 1. The van der Waals surface area contributed by atoms with E-state index in [1.165, 1.54) is 12.1 Å². The first kappa shape index (κ1) is 13.2. The summed E-state index contributed by atoms with van der Waals surface area (Å²) < 4.78 is 12.7. The van der Waals surface area contributed by atoms with Gasteiger partial charge in [-0.3, -0.25) is 0 Å². The molecule has 0 radical (unpaired) electrons. The molecule has 3 nitrogen and oxygen atoms in total. The third kappa shape index (κ3) is 3.65. The highest BCUT2D eigenvalue weighted by atomic mass is 32.1. The third-order valence-electron chi connectivity index (χ3n) is 3.04. The van der Waals surface area contributed by atoms with E-state index >= 15 is 0 Å². The highest BCUT2D eigenvalue weighted by Gasteiger charge is 2.19. The van der Waals surface area contributed by atoms with Crippen LogP contribution in [0.1, 0.15) is 18.4 Å². The van der Waals surface area contributed by atoms with Crippen molar-refractivity contribution in [1.29, 1.82) is 0 Å². The number of benzene rings is 1. The SMILES string of the molecule is O[C@H]1CCCN(C(=S)NCc2ccc(F)cc2)C1. The molecule has 2 N–H and O–H groups in total. The lowest BCUT2D eigenvalue weighted by atomic mass is 10.1. The van der Waals surface area contributed by atoms with Gasteiger partial charge >= 0.3 is 0 Å². The topological polar surface area (TPSA) is 35.5 Å². The second kappa shape index (κ2) is 6.11. The van der Waals surface area contributed by atoms with Crippen LogP contribution in [0.15, 0.2) is 24.3 Å². The summed E-state index contributed by atoms with van der Waals surface area (Å²) in [7, 11) is 0. The minimum absolute atomic E-state index is 0.236. The van der Waals surface area contributed by atoms with Crippen LogP contribution in [0.3, 0.4) is 0 Å². The molecule has 1 aromatic rings. The lowest BCUT2D eigenvalue weighted by Gasteiger charge is -2.32. The molecule has 0 spiro atoms. The predicted molar refractivity (Wildman–Crippen MR) is 72.7 cm³/mol. The number of hydrogen-bond acceptors (Lipinski definition) is 2. The van der Waals surface area contributed by atoms with Crippen molar-refractivity contribution >= 4 is 17.3 Å². The van der Waals surface area contributed by atoms with Crippen LogP contribution in [0.2, 0.25) is 0 Å². The fourth-order valence-corrected chi connectivity index (χ4v) is 2.27. The summed E-state index contributed by atoms with van der Waals surface area (Å²) in [6.07, 6.45) is 1.51. The second-order valence-corrected chi connectivity index (χ2v) is 4.91. The Morgan fingerprint density at radius 3 is 2.83 bits per heavy atom. The van der Waals surface area contributed by atoms with E-state index in [-0.39, 0.29) is 11.9 Å². The minimum Gasteiger partial charge on any atom is -0.391 e. The first-order valence-electron chi connectivity index (χ1n) is 6.10. The molecule has 0 unspecified atom stereocenters. The van der Waals surface area contributed by atoms with Crippen LogP contribution in [-0.2, 0) is 6.54 Å². The van der Waals surface area contributed by atoms with Gasteiger partial charge in [0.1, 0.15) is 5.82 Å². The predicted octanol–water partition coefficient (Wildman–Crippen LogP) is 1.66. The maximum atomic E-state index is 12.7. The van der Waals surface area contributed by atoms with E-state index in [9.17, 15) is 9.50 Å². The first-order chi connectivity index (χ1) is 8.65. The van der Waals surface area contributed by atoms with Crippen LogP contribution in [-0.4, -0.2) is 34.3 Å². The van der Waals surface area contributed by atoms with Crippen LogP contribution >= 0.6 is 12.2 Å². The van der Waals surface area contributed by atoms with Crippen molar-refractivity contribution in [1.82, 2.24) is 10.2 Å². The maximum absolute atomic E-state index is 12.7. The Balaban J connectivity index is 1.82. The molecule has 1 heterocycles. The minimum atomic E-state index is -0.288. The number of rotatable bonds is 2. The van der Waals surface area contributed by atoms with Crippen molar-refractivity contribution in [3.63, 3.8) is 0 Å². The van der Waals surface area contributed by atoms with Gasteiger partial charge in [0.05, 0.1) is 6.10 Å². The molecule has 1 aliphatic rings. The van der Waals surface area contributed by atoms with Crippen molar-refractivity contribution in [3.8, 4) is 0 Å². The number of aliphatic hydroxyl groups excluding tert-OH is 1. The van der Waals surface area contributed by atoms with Crippen molar-refractivity contribution in [2.75, 3.05) is 13.1 Å². The molecule has 0 aromatic heterocycles. The van der Waals surface area contributed by atoms with E-state index < -0.39 is 0 Å². The van der Waals surface area contributed by atoms with Crippen LogP contribution in [0.4, 0.5) is 4.39 Å². The van der Waals surface area contributed by atoms with Gasteiger partial charge in [0.15, 0.2) is 5.11 Å². The van der Waals surface area contributed by atoms with Gasteiger partial charge in [-0.05, 0) is 42.8 Å². The molecule has 0 amide bonds. The normalized spacial score (nSPS) is 19.7. The van der Waals surface area contributed by atoms with E-state index in [0.29, 0.717) is 18.2 Å². The molecule has 2 rings (SSSR count). The van der Waals surface area contributed by atoms with Crippen LogP contribution < -0.4 is 5.32 Å². The molecule has 0 bridgehead atoms. The molecule has 1 fully saturated rings. The van der Waals surface area contributed by atoms with Crippen molar-refractivity contribution in [3.05, 3.63) is 35.6 Å². The number of nitrogens with one attached hydrogen (secondary N) is 1. The Bertz CT molecular complexity index is 410. The molecule has 1 saturated heterocycles. The maximum Gasteiger partial charge on any atom is 0.169 e. The summed E-state index contributed by atoms with van der Waals surface area (Å²) in [5.41, 5.74) is 0.983. The van der Waals surface area contributed by atoms with E-state index in [1.807, 2.05) is 4.90 Å². The Hall–Kier alpha value is -1.20. The molecular weight excluding hydrogens is 251 g/mol. The zero-order valence-electron chi connectivity index (χ0n) is 10.1. The Labute approximate surface area is 112 Å². The van der Waals surface area contributed by atoms with E-state index in [4.69, 9.17) is 12.2 Å². The van der Waals surface area contributed by atoms with Crippen LogP contribution in [0.25, 0.3) is 0 Å². The number of likely N-dealkylation sites (tertiary alicyclic amines) is 1. The lowest BCUT2D eigenvalue weighted by Crippen LogP contribution is -2.46. The van der Waals surface area contributed by atoms with E-state index in [2.05, 4.69) is 5.32 Å². The van der Waals surface area contributed by atoms with Crippen molar-refractivity contribution < 1.29 is 9.50 Å². The molecule has 98 valence electrons. The fraction of sp³-hybridized carbons (Fsp3) is 0.462. The lowest BCUT2D eigenvalue weighted by molar-refractivity contribution is 0.103. The van der Waals surface area contributed by atoms with E-state index in [1.54, 1.807) is 12.1 Å². The summed E-state index contributed by atoms with van der Waals surface area (Å²) in [4.78, 5) is 1.98. The van der Waals surface area contributed by atoms with Gasteiger partial charge in [-0.15, -0.1) is 0 Å². The van der Waals surface area contributed by atoms with E-state index in [0.717, 1.165) is 24.9 Å². The number of piperidine rings is 1. The Morgan fingerprint density at radius 1 is 1.44 bits per heavy atom. The van der Waals surface area contributed by atoms with Crippen molar-refractivity contribution in [2.45, 2.75) is 25.5 Å². The van der Waals surface area contributed by atoms with Gasteiger partial charge in [0, 0.05) is 19.6 Å². The van der Waals surface area contributed by atoms with Gasteiger partial charge < -0.3 is 15.3 Å². The molecule has 5 heteroatoms. The molecular formula is C13H17FN2OS. The number of halogens is 1. The Kier molecular flexibility index (Phi) is 4.49. The third-order valence-corrected chi connectivity index (χ3v) is 3.44. The summed E-state index contributed by atoms with van der Waals surface area (Å²) in [6, 6.07) is 6.33. The van der Waals surface area contributed by atoms with Crippen LogP contribution in [0.5, 0.6) is 0 Å². The highest BCUT2D eigenvalue weighted by Crippen LogP contribution is 2.10. The van der Waals surface area contributed by atoms with Gasteiger partial charge in [0.2, 0.25) is 0 Å². The zero-order valence-corrected chi connectivity index (χ0v) is 10.9. The second-order valence-electron chi connectivity index (χ2n) is 4.53. The molecule has 18 heavy (non-hydrogen) atoms. The Morgan fingerprint density at radius 2 is 2.17 bits per heavy atom. The standard InChI is InChI=1S/C13H17FN2OS/c14-11-5-3-10(4-6-11)8-15-13(18)16-7-1-2-12(17)9-16/h3-6,12,17H,1-2,7-9H2,(H,15,18)/t12-/m0/s1. The smallest absolute Gasteiger partial charge is 0.169 e. The van der Waals surface area contributed by atoms with Gasteiger partial charge in [0.25, 0.3) is 0 Å². The zero-order chi connectivity index (χ0) is 13.0. The summed E-state index contributed by atoms with van der Waals surface area (Å²) in [6.45, 7) is 2.05. The fourth-order valence-electron chi connectivity index (χ4n) is 2.03. The number of β-amino-alcohol motifs (C(OH)–C–C–N with tert-alkyl or cyclic N) is 1. The largest absolute Gasteiger partial charge is 0.391 e. The summed E-state index contributed by atoms with van der Waals surface area (Å²) in [5.74, 6) is -0.236. The van der Waals surface area contributed by atoms with Crippen molar-refractivity contribution in [2.24, 2.45) is 0 Å². The quantitative estimate of drug-likeness (QED) is 0.800. The average molecular weight is 268 g/mol. The molecule has 0 aliphatic carbocycles.